The summed E-state index contributed by atoms with van der Waals surface area (Å²) in [6.07, 6.45) is 2.65. The molecule has 1 aliphatic rings. The molecule has 1 amide bonds. The summed E-state index contributed by atoms with van der Waals surface area (Å²) in [6.45, 7) is 8.39. The van der Waals surface area contributed by atoms with E-state index in [4.69, 9.17) is 10.1 Å². The minimum absolute atomic E-state index is 0.0910. The Labute approximate surface area is 195 Å². The summed E-state index contributed by atoms with van der Waals surface area (Å²) in [7, 11) is -2.20. The Bertz CT molecular complexity index is 1120. The van der Waals surface area contributed by atoms with Crippen LogP contribution in [0.15, 0.2) is 41.4 Å². The molecule has 3 N–H and O–H groups in total. The molecule has 3 rings (SSSR count). The van der Waals surface area contributed by atoms with Crippen molar-refractivity contribution >= 4 is 27.8 Å². The molecule has 0 radical (unpaired) electrons. The number of benzene rings is 1. The molecule has 0 saturated carbocycles. The van der Waals surface area contributed by atoms with Gasteiger partial charge in [0.1, 0.15) is 17.3 Å². The van der Waals surface area contributed by atoms with Crippen LogP contribution in [-0.4, -0.2) is 61.0 Å². The van der Waals surface area contributed by atoms with Gasteiger partial charge in [-0.15, -0.1) is 0 Å². The molecule has 1 aromatic carbocycles. The van der Waals surface area contributed by atoms with Crippen LogP contribution in [0.3, 0.4) is 0 Å². The lowest BCUT2D eigenvalue weighted by atomic mass is 10.1. The number of carbonyl (C=O) groups excluding carboxylic acids is 1. The number of carbonyl (C=O) groups is 1. The molecule has 2 aromatic rings. The van der Waals surface area contributed by atoms with E-state index in [-0.39, 0.29) is 22.9 Å². The highest BCUT2D eigenvalue weighted by molar-refractivity contribution is 7.90. The van der Waals surface area contributed by atoms with Gasteiger partial charge < -0.3 is 20.3 Å². The number of hydrogen-bond acceptors (Lipinski definition) is 6. The van der Waals surface area contributed by atoms with Gasteiger partial charge in [0, 0.05) is 32.4 Å². The molecular weight excluding hydrogens is 442 g/mol. The average molecular weight is 476 g/mol. The SMILES string of the molecule is CNc1c(C(=N)N[C@@H]2CCCN(C(=O)OC(C)(C)C)C2)ccn1S(=O)(=O)c1ccc(C)cc1. The second kappa shape index (κ2) is 9.46. The number of rotatable bonds is 5. The Hall–Kier alpha value is -3.01. The van der Waals surface area contributed by atoms with Gasteiger partial charge in [0.05, 0.1) is 10.5 Å². The number of hydrogen-bond donors (Lipinski definition) is 3. The summed E-state index contributed by atoms with van der Waals surface area (Å²) < 4.78 is 32.9. The fraction of sp³-hybridized carbons (Fsp3) is 0.478. The molecule has 9 nitrogen and oxygen atoms in total. The largest absolute Gasteiger partial charge is 0.444 e. The summed E-state index contributed by atoms with van der Waals surface area (Å²) in [5, 5.41) is 14.7. The zero-order valence-corrected chi connectivity index (χ0v) is 20.6. The van der Waals surface area contributed by atoms with Gasteiger partial charge in [-0.25, -0.2) is 17.2 Å². The van der Waals surface area contributed by atoms with Gasteiger partial charge in [-0.1, -0.05) is 17.7 Å². The normalized spacial score (nSPS) is 16.9. The Morgan fingerprint density at radius 3 is 2.45 bits per heavy atom. The molecule has 180 valence electrons. The first kappa shape index (κ1) is 24.6. The van der Waals surface area contributed by atoms with Gasteiger partial charge in [0.2, 0.25) is 0 Å². The van der Waals surface area contributed by atoms with Crippen LogP contribution in [0.1, 0.15) is 44.7 Å². The van der Waals surface area contributed by atoms with E-state index in [2.05, 4.69) is 10.6 Å². The van der Waals surface area contributed by atoms with E-state index >= 15 is 0 Å². The molecule has 1 atom stereocenters. The van der Waals surface area contributed by atoms with E-state index in [0.29, 0.717) is 24.5 Å². The lowest BCUT2D eigenvalue weighted by molar-refractivity contribution is 0.0194. The molecule has 1 fully saturated rings. The van der Waals surface area contributed by atoms with Crippen LogP contribution in [-0.2, 0) is 14.8 Å². The molecule has 1 aromatic heterocycles. The van der Waals surface area contributed by atoms with Crippen molar-refractivity contribution < 1.29 is 17.9 Å². The number of aryl methyl sites for hydroxylation is 1. The fourth-order valence-corrected chi connectivity index (χ4v) is 5.11. The fourth-order valence-electron chi connectivity index (χ4n) is 3.75. The molecule has 1 saturated heterocycles. The number of amides is 1. The zero-order chi connectivity index (χ0) is 24.4. The maximum absolute atomic E-state index is 13.2. The first-order chi connectivity index (χ1) is 15.4. The highest BCUT2D eigenvalue weighted by Crippen LogP contribution is 2.25. The zero-order valence-electron chi connectivity index (χ0n) is 19.8. The van der Waals surface area contributed by atoms with E-state index in [1.54, 1.807) is 42.3 Å². The first-order valence-electron chi connectivity index (χ1n) is 11.0. The number of piperidine rings is 1. The van der Waals surface area contributed by atoms with Crippen LogP contribution in [0.4, 0.5) is 10.6 Å². The maximum Gasteiger partial charge on any atom is 0.410 e. The molecule has 0 bridgehead atoms. The number of likely N-dealkylation sites (tertiary alicyclic amines) is 1. The standard InChI is InChI=1S/C23H33N5O4S/c1-16-8-10-18(11-9-16)33(30,31)28-14-12-19(21(28)25-5)20(24)26-17-7-6-13-27(15-17)22(29)32-23(2,3)4/h8-12,14,17,25H,6-7,13,15H2,1-5H3,(H2,24,26)/t17-/m1/s1. The van der Waals surface area contributed by atoms with Crippen molar-refractivity contribution in [1.29, 1.82) is 5.41 Å². The van der Waals surface area contributed by atoms with Crippen molar-refractivity contribution in [2.24, 2.45) is 0 Å². The third-order valence-corrected chi connectivity index (χ3v) is 7.05. The van der Waals surface area contributed by atoms with Gasteiger partial charge in [-0.3, -0.25) is 5.41 Å². The van der Waals surface area contributed by atoms with Gasteiger partial charge in [-0.2, -0.15) is 0 Å². The van der Waals surface area contributed by atoms with E-state index in [0.717, 1.165) is 22.4 Å². The van der Waals surface area contributed by atoms with Gasteiger partial charge in [0.25, 0.3) is 10.0 Å². The van der Waals surface area contributed by atoms with E-state index in [9.17, 15) is 13.2 Å². The van der Waals surface area contributed by atoms with Gasteiger partial charge in [0.15, 0.2) is 0 Å². The molecule has 0 spiro atoms. The third-order valence-electron chi connectivity index (χ3n) is 5.36. The Morgan fingerprint density at radius 2 is 1.85 bits per heavy atom. The van der Waals surface area contributed by atoms with Crippen molar-refractivity contribution in [1.82, 2.24) is 14.2 Å². The highest BCUT2D eigenvalue weighted by atomic mass is 32.2. The Morgan fingerprint density at radius 1 is 1.18 bits per heavy atom. The summed E-state index contributed by atoms with van der Waals surface area (Å²) in [4.78, 5) is 14.2. The summed E-state index contributed by atoms with van der Waals surface area (Å²) in [6, 6.07) is 8.10. The monoisotopic (exact) mass is 475 g/mol. The number of ether oxygens (including phenoxy) is 1. The van der Waals surface area contributed by atoms with Crippen molar-refractivity contribution in [2.75, 3.05) is 25.5 Å². The van der Waals surface area contributed by atoms with E-state index in [1.807, 2.05) is 27.7 Å². The summed E-state index contributed by atoms with van der Waals surface area (Å²) in [5.74, 6) is 0.390. The molecule has 0 aliphatic carbocycles. The van der Waals surface area contributed by atoms with Crippen molar-refractivity contribution in [3.63, 3.8) is 0 Å². The van der Waals surface area contributed by atoms with Crippen LogP contribution in [0.5, 0.6) is 0 Å². The average Bonchev–Trinajstić information content (AvgIpc) is 3.18. The van der Waals surface area contributed by atoms with Crippen molar-refractivity contribution in [3.05, 3.63) is 47.7 Å². The highest BCUT2D eigenvalue weighted by Gasteiger charge is 2.29. The van der Waals surface area contributed by atoms with E-state index < -0.39 is 15.6 Å². The van der Waals surface area contributed by atoms with Gasteiger partial charge >= 0.3 is 6.09 Å². The number of aromatic nitrogens is 1. The molecule has 0 unspecified atom stereocenters. The minimum atomic E-state index is -3.82. The summed E-state index contributed by atoms with van der Waals surface area (Å²) >= 11 is 0. The van der Waals surface area contributed by atoms with E-state index in [1.165, 1.54) is 6.20 Å². The van der Waals surface area contributed by atoms with Gasteiger partial charge in [-0.05, 0) is 58.7 Å². The lowest BCUT2D eigenvalue weighted by Gasteiger charge is -2.34. The summed E-state index contributed by atoms with van der Waals surface area (Å²) in [5.41, 5.74) is 0.829. The lowest BCUT2D eigenvalue weighted by Crippen LogP contribution is -2.50. The van der Waals surface area contributed by atoms with Crippen molar-refractivity contribution in [2.45, 2.75) is 57.1 Å². The van der Waals surface area contributed by atoms with Crippen LogP contribution in [0, 0.1) is 12.3 Å². The molecular formula is C23H33N5O4S. The van der Waals surface area contributed by atoms with Crippen LogP contribution in [0.2, 0.25) is 0 Å². The minimum Gasteiger partial charge on any atom is -0.444 e. The van der Waals surface area contributed by atoms with Crippen LogP contribution >= 0.6 is 0 Å². The number of nitrogens with one attached hydrogen (secondary N) is 3. The second-order valence-electron chi connectivity index (χ2n) is 9.23. The molecule has 10 heteroatoms. The Balaban J connectivity index is 1.76. The predicted octanol–water partition coefficient (Wildman–Crippen LogP) is 3.39. The van der Waals surface area contributed by atoms with Crippen LogP contribution < -0.4 is 10.6 Å². The first-order valence-corrected chi connectivity index (χ1v) is 12.4. The third kappa shape index (κ3) is 5.68. The number of amidine groups is 1. The molecule has 33 heavy (non-hydrogen) atoms. The topological polar surface area (TPSA) is 117 Å². The number of nitrogens with zero attached hydrogens (tertiary/aromatic N) is 2. The second-order valence-corrected chi connectivity index (χ2v) is 11.0. The van der Waals surface area contributed by atoms with Crippen molar-refractivity contribution in [3.8, 4) is 0 Å². The molecule has 1 aliphatic heterocycles. The maximum atomic E-state index is 13.2. The number of anilines is 1. The quantitative estimate of drug-likeness (QED) is 0.451. The molecule has 2 heterocycles. The smallest absolute Gasteiger partial charge is 0.410 e. The Kier molecular flexibility index (Phi) is 7.06. The van der Waals surface area contributed by atoms with Crippen LogP contribution in [0.25, 0.3) is 0 Å². The predicted molar refractivity (Wildman–Crippen MR) is 129 cm³/mol.